The van der Waals surface area contributed by atoms with E-state index in [2.05, 4.69) is 11.0 Å². The Morgan fingerprint density at radius 3 is 2.24 bits per heavy atom. The van der Waals surface area contributed by atoms with Crippen molar-refractivity contribution in [3.63, 3.8) is 0 Å². The molecule has 0 bridgehead atoms. The van der Waals surface area contributed by atoms with Gasteiger partial charge in [-0.15, -0.1) is 0 Å². The van der Waals surface area contributed by atoms with Crippen LogP contribution in [-0.4, -0.2) is 53.7 Å². The summed E-state index contributed by atoms with van der Waals surface area (Å²) in [5, 5.41) is 8.82. The standard InChI is InChI=1S/C12H21N3O2/c1-10(9-13)14-5-7-15(8-6-14)11(16)17-12(2,3)4/h10H,5-8H2,1-4H3/t10-/m0/s1. The number of carbonyl (C=O) groups excluding carboxylic acids is 1. The van der Waals surface area contributed by atoms with Crippen LogP contribution in [0.15, 0.2) is 0 Å². The van der Waals surface area contributed by atoms with Crippen LogP contribution in [0.25, 0.3) is 0 Å². The third-order valence-electron chi connectivity index (χ3n) is 2.70. The lowest BCUT2D eigenvalue weighted by Crippen LogP contribution is -2.52. The molecule has 1 aliphatic heterocycles. The summed E-state index contributed by atoms with van der Waals surface area (Å²) < 4.78 is 5.30. The predicted molar refractivity (Wildman–Crippen MR) is 64.5 cm³/mol. The molecule has 0 aromatic carbocycles. The van der Waals surface area contributed by atoms with Crippen LogP contribution >= 0.6 is 0 Å². The van der Waals surface area contributed by atoms with Crippen molar-refractivity contribution in [2.24, 2.45) is 0 Å². The van der Waals surface area contributed by atoms with Gasteiger partial charge in [0, 0.05) is 26.2 Å². The third kappa shape index (κ3) is 4.23. The maximum absolute atomic E-state index is 11.8. The van der Waals surface area contributed by atoms with Crippen LogP contribution in [0.4, 0.5) is 4.79 Å². The Morgan fingerprint density at radius 1 is 1.29 bits per heavy atom. The molecule has 1 rings (SSSR count). The van der Waals surface area contributed by atoms with E-state index >= 15 is 0 Å². The van der Waals surface area contributed by atoms with Gasteiger partial charge in [-0.3, -0.25) is 4.90 Å². The number of nitrogens with zero attached hydrogens (tertiary/aromatic N) is 3. The molecule has 1 amide bonds. The Bertz CT molecular complexity index is 309. The van der Waals surface area contributed by atoms with Crippen molar-refractivity contribution in [2.75, 3.05) is 26.2 Å². The van der Waals surface area contributed by atoms with Gasteiger partial charge in [0.2, 0.25) is 0 Å². The topological polar surface area (TPSA) is 56.6 Å². The van der Waals surface area contributed by atoms with Gasteiger partial charge in [-0.25, -0.2) is 4.79 Å². The summed E-state index contributed by atoms with van der Waals surface area (Å²) in [6, 6.07) is 2.12. The number of hydrogen-bond acceptors (Lipinski definition) is 4. The van der Waals surface area contributed by atoms with Gasteiger partial charge in [0.05, 0.1) is 12.1 Å². The highest BCUT2D eigenvalue weighted by Crippen LogP contribution is 2.12. The monoisotopic (exact) mass is 239 g/mol. The molecule has 96 valence electrons. The minimum absolute atomic E-state index is 0.0872. The van der Waals surface area contributed by atoms with E-state index in [4.69, 9.17) is 10.00 Å². The maximum Gasteiger partial charge on any atom is 0.410 e. The number of nitriles is 1. The zero-order chi connectivity index (χ0) is 13.1. The largest absolute Gasteiger partial charge is 0.444 e. The predicted octanol–water partition coefficient (Wildman–Crippen LogP) is 1.45. The zero-order valence-corrected chi connectivity index (χ0v) is 11.1. The number of hydrogen-bond donors (Lipinski definition) is 0. The van der Waals surface area contributed by atoms with Crippen LogP contribution in [0.2, 0.25) is 0 Å². The lowest BCUT2D eigenvalue weighted by atomic mass is 10.2. The van der Waals surface area contributed by atoms with E-state index in [1.54, 1.807) is 4.90 Å². The van der Waals surface area contributed by atoms with Gasteiger partial charge in [0.15, 0.2) is 0 Å². The highest BCUT2D eigenvalue weighted by molar-refractivity contribution is 5.68. The van der Waals surface area contributed by atoms with E-state index in [9.17, 15) is 4.79 Å². The Balaban J connectivity index is 2.42. The quantitative estimate of drug-likeness (QED) is 0.695. The smallest absolute Gasteiger partial charge is 0.410 e. The number of carbonyl (C=O) groups is 1. The average molecular weight is 239 g/mol. The third-order valence-corrected chi connectivity index (χ3v) is 2.70. The normalized spacial score (nSPS) is 19.6. The first-order valence-corrected chi connectivity index (χ1v) is 5.95. The number of ether oxygens (including phenoxy) is 1. The van der Waals surface area contributed by atoms with Crippen LogP contribution in [0.3, 0.4) is 0 Å². The summed E-state index contributed by atoms with van der Waals surface area (Å²) >= 11 is 0. The molecule has 1 atom stereocenters. The van der Waals surface area contributed by atoms with Crippen molar-refractivity contribution in [2.45, 2.75) is 39.3 Å². The highest BCUT2D eigenvalue weighted by atomic mass is 16.6. The van der Waals surface area contributed by atoms with Crippen molar-refractivity contribution in [1.82, 2.24) is 9.80 Å². The molecule has 5 nitrogen and oxygen atoms in total. The molecule has 0 saturated carbocycles. The SMILES string of the molecule is C[C@@H](C#N)N1CCN(C(=O)OC(C)(C)C)CC1. The van der Waals surface area contributed by atoms with E-state index in [1.165, 1.54) is 0 Å². The fourth-order valence-corrected chi connectivity index (χ4v) is 1.70. The Hall–Kier alpha value is -1.28. The average Bonchev–Trinajstić information content (AvgIpc) is 2.26. The number of piperazine rings is 1. The molecule has 1 fully saturated rings. The molecule has 5 heteroatoms. The molecule has 0 N–H and O–H groups in total. The first-order chi connectivity index (χ1) is 7.83. The minimum atomic E-state index is -0.450. The molecule has 17 heavy (non-hydrogen) atoms. The molecule has 0 aliphatic carbocycles. The van der Waals surface area contributed by atoms with Crippen LogP contribution in [-0.2, 0) is 4.74 Å². The summed E-state index contributed by atoms with van der Waals surface area (Å²) in [7, 11) is 0. The van der Waals surface area contributed by atoms with Crippen LogP contribution in [0.5, 0.6) is 0 Å². The van der Waals surface area contributed by atoms with Crippen LogP contribution in [0.1, 0.15) is 27.7 Å². The Labute approximate surface area is 103 Å². The van der Waals surface area contributed by atoms with Crippen LogP contribution in [0, 0.1) is 11.3 Å². The second kappa shape index (κ2) is 5.37. The fourth-order valence-electron chi connectivity index (χ4n) is 1.70. The molecule has 1 heterocycles. The molecule has 0 aromatic rings. The molecule has 0 unspecified atom stereocenters. The van der Waals surface area contributed by atoms with Crippen molar-refractivity contribution >= 4 is 6.09 Å². The molecule has 0 spiro atoms. The second-order valence-electron chi connectivity index (χ2n) is 5.31. The summed E-state index contributed by atoms with van der Waals surface area (Å²) in [6.07, 6.45) is -0.262. The Morgan fingerprint density at radius 2 is 1.82 bits per heavy atom. The number of amides is 1. The van der Waals surface area contributed by atoms with Gasteiger partial charge in [-0.1, -0.05) is 0 Å². The first kappa shape index (κ1) is 13.8. The molecule has 1 saturated heterocycles. The van der Waals surface area contributed by atoms with Crippen molar-refractivity contribution in [1.29, 1.82) is 5.26 Å². The molecule has 0 radical (unpaired) electrons. The molecular weight excluding hydrogens is 218 g/mol. The van der Waals surface area contributed by atoms with E-state index in [1.807, 2.05) is 27.7 Å². The number of rotatable bonds is 1. The lowest BCUT2D eigenvalue weighted by Gasteiger charge is -2.36. The maximum atomic E-state index is 11.8. The fraction of sp³-hybridized carbons (Fsp3) is 0.833. The van der Waals surface area contributed by atoms with Gasteiger partial charge >= 0.3 is 6.09 Å². The molecule has 0 aromatic heterocycles. The van der Waals surface area contributed by atoms with Gasteiger partial charge in [-0.2, -0.15) is 5.26 Å². The zero-order valence-electron chi connectivity index (χ0n) is 11.1. The molecular formula is C12H21N3O2. The molecule has 1 aliphatic rings. The Kier molecular flexibility index (Phi) is 4.35. The lowest BCUT2D eigenvalue weighted by molar-refractivity contribution is 0.0131. The second-order valence-corrected chi connectivity index (χ2v) is 5.31. The van der Waals surface area contributed by atoms with Crippen molar-refractivity contribution < 1.29 is 9.53 Å². The van der Waals surface area contributed by atoms with Gasteiger partial charge < -0.3 is 9.64 Å². The van der Waals surface area contributed by atoms with Gasteiger partial charge in [-0.05, 0) is 27.7 Å². The highest BCUT2D eigenvalue weighted by Gasteiger charge is 2.27. The first-order valence-electron chi connectivity index (χ1n) is 5.95. The van der Waals surface area contributed by atoms with E-state index in [0.29, 0.717) is 13.1 Å². The van der Waals surface area contributed by atoms with E-state index in [0.717, 1.165) is 13.1 Å². The summed E-state index contributed by atoms with van der Waals surface area (Å²) in [4.78, 5) is 15.6. The summed E-state index contributed by atoms with van der Waals surface area (Å²) in [5.41, 5.74) is -0.450. The summed E-state index contributed by atoms with van der Waals surface area (Å²) in [5.74, 6) is 0. The van der Waals surface area contributed by atoms with Gasteiger partial charge in [0.1, 0.15) is 5.60 Å². The van der Waals surface area contributed by atoms with Crippen molar-refractivity contribution in [3.05, 3.63) is 0 Å². The van der Waals surface area contributed by atoms with Crippen LogP contribution < -0.4 is 0 Å². The minimum Gasteiger partial charge on any atom is -0.444 e. The van der Waals surface area contributed by atoms with E-state index < -0.39 is 5.60 Å². The van der Waals surface area contributed by atoms with E-state index in [-0.39, 0.29) is 12.1 Å². The summed E-state index contributed by atoms with van der Waals surface area (Å²) in [6.45, 7) is 10.2. The van der Waals surface area contributed by atoms with Gasteiger partial charge in [0.25, 0.3) is 0 Å². The van der Waals surface area contributed by atoms with Crippen molar-refractivity contribution in [3.8, 4) is 6.07 Å².